The molecule has 2 N–H and O–H groups in total. The molecule has 0 saturated carbocycles. The van der Waals surface area contributed by atoms with Crippen LogP contribution < -0.4 is 4.74 Å². The van der Waals surface area contributed by atoms with Gasteiger partial charge in [0.2, 0.25) is 5.89 Å². The summed E-state index contributed by atoms with van der Waals surface area (Å²) >= 11 is 6.08. The third-order valence-electron chi connectivity index (χ3n) is 8.64. The first-order valence-electron chi connectivity index (χ1n) is 16.0. The Bertz CT molecular complexity index is 1930. The van der Waals surface area contributed by atoms with Crippen LogP contribution in [0.1, 0.15) is 71.0 Å². The van der Waals surface area contributed by atoms with E-state index in [2.05, 4.69) is 14.9 Å². The maximum Gasteiger partial charge on any atom is 0.354 e. The van der Waals surface area contributed by atoms with Gasteiger partial charge in [-0.25, -0.2) is 19.2 Å². The highest BCUT2D eigenvalue weighted by atomic mass is 35.5. The molecule has 0 fully saturated rings. The Morgan fingerprint density at radius 2 is 1.81 bits per heavy atom. The average Bonchev–Trinajstić information content (AvgIpc) is 3.50. The molecule has 6 rings (SSSR count). The Kier molecular flexibility index (Phi) is 10.3. The van der Waals surface area contributed by atoms with Gasteiger partial charge in [0.15, 0.2) is 5.58 Å². The van der Waals surface area contributed by atoms with Gasteiger partial charge in [-0.1, -0.05) is 29.8 Å². The summed E-state index contributed by atoms with van der Waals surface area (Å²) in [5, 5.41) is 19.2. The van der Waals surface area contributed by atoms with E-state index in [0.29, 0.717) is 66.5 Å². The Hall–Kier alpha value is -4.80. The minimum absolute atomic E-state index is 0.0106. The molecule has 11 heteroatoms. The number of aromatic carboxylic acids is 1. The van der Waals surface area contributed by atoms with Gasteiger partial charge in [-0.2, -0.15) is 0 Å². The predicted octanol–water partition coefficient (Wildman–Crippen LogP) is 8.14. The summed E-state index contributed by atoms with van der Waals surface area (Å²) in [4.78, 5) is 33.9. The molecule has 48 heavy (non-hydrogen) atoms. The number of benzene rings is 3. The number of halogens is 2. The topological polar surface area (TPSA) is 126 Å². The Morgan fingerprint density at radius 3 is 2.60 bits per heavy atom. The minimum Gasteiger partial charge on any atom is -0.489 e. The lowest BCUT2D eigenvalue weighted by atomic mass is 9.89. The number of oxazole rings is 1. The molecule has 0 amide bonds. The second-order valence-corrected chi connectivity index (χ2v) is 12.4. The van der Waals surface area contributed by atoms with Crippen LogP contribution >= 0.6 is 11.6 Å². The van der Waals surface area contributed by atoms with Crippen LogP contribution in [0.4, 0.5) is 4.39 Å². The van der Waals surface area contributed by atoms with Gasteiger partial charge in [0.1, 0.15) is 29.4 Å². The number of ether oxygens (including phenoxy) is 1. The van der Waals surface area contributed by atoms with Crippen LogP contribution in [0, 0.1) is 5.82 Å². The molecule has 9 nitrogen and oxygen atoms in total. The number of carbonyl (C=O) groups is 2. The van der Waals surface area contributed by atoms with E-state index in [4.69, 9.17) is 25.9 Å². The van der Waals surface area contributed by atoms with Gasteiger partial charge in [-0.3, -0.25) is 9.69 Å². The summed E-state index contributed by atoms with van der Waals surface area (Å²) < 4.78 is 26.6. The molecular weight excluding hydrogens is 637 g/mol. The molecule has 0 aliphatic heterocycles. The number of unbranched alkanes of at least 4 members (excludes halogenated alkanes) is 1. The molecule has 0 radical (unpaired) electrons. The van der Waals surface area contributed by atoms with Crippen molar-refractivity contribution in [2.45, 2.75) is 57.6 Å². The number of aryl methyl sites for hydroxylation is 1. The first-order valence-corrected chi connectivity index (χ1v) is 16.4. The zero-order valence-corrected chi connectivity index (χ0v) is 27.0. The lowest BCUT2D eigenvalue weighted by Crippen LogP contribution is -2.34. The van der Waals surface area contributed by atoms with E-state index in [9.17, 15) is 19.1 Å². The molecule has 2 aromatic heterocycles. The highest BCUT2D eigenvalue weighted by molar-refractivity contribution is 6.31. The van der Waals surface area contributed by atoms with Gasteiger partial charge >= 0.3 is 11.9 Å². The number of nitrogens with zero attached hydrogens (tertiary/aromatic N) is 3. The lowest BCUT2D eigenvalue weighted by molar-refractivity contribution is -0.137. The third kappa shape index (κ3) is 8.00. The van der Waals surface area contributed by atoms with Crippen LogP contribution in [0.25, 0.3) is 22.6 Å². The largest absolute Gasteiger partial charge is 0.489 e. The summed E-state index contributed by atoms with van der Waals surface area (Å²) in [6, 6.07) is 20.9. The van der Waals surface area contributed by atoms with Crippen molar-refractivity contribution in [1.82, 2.24) is 14.9 Å². The number of fused-ring (bicyclic) bond motifs is 2. The molecule has 248 valence electrons. The normalized spacial score (nSPS) is 14.3. The fourth-order valence-electron chi connectivity index (χ4n) is 6.22. The van der Waals surface area contributed by atoms with Gasteiger partial charge in [0.05, 0.1) is 0 Å². The summed E-state index contributed by atoms with van der Waals surface area (Å²) in [6.07, 6.45) is 4.22. The van der Waals surface area contributed by atoms with E-state index in [-0.39, 0.29) is 30.6 Å². The van der Waals surface area contributed by atoms with E-state index in [1.165, 1.54) is 18.2 Å². The van der Waals surface area contributed by atoms with E-state index in [0.717, 1.165) is 40.8 Å². The summed E-state index contributed by atoms with van der Waals surface area (Å²) in [5.74, 6) is -1.18. The molecule has 1 aliphatic carbocycles. The Morgan fingerprint density at radius 1 is 0.979 bits per heavy atom. The van der Waals surface area contributed by atoms with Crippen molar-refractivity contribution in [2.24, 2.45) is 0 Å². The van der Waals surface area contributed by atoms with Gasteiger partial charge in [0.25, 0.3) is 0 Å². The van der Waals surface area contributed by atoms with Gasteiger partial charge < -0.3 is 19.4 Å². The van der Waals surface area contributed by atoms with E-state index in [1.54, 1.807) is 24.3 Å². The standard InChI is InChI=1S/C37H35ClFN3O6/c38-26-11-15-34-31(21-26)41-36(48-34)24-9-7-23(8-10-24)22-47-33-16-12-27(39)20-25(33)17-19-42(18-2-1-6-35(43)44)32-5-3-4-29-28(32)13-14-30(40-29)37(45)46/h7-16,20-21,32H,1-6,17-19,22H2,(H,43,44)(H,45,46). The molecule has 0 bridgehead atoms. The zero-order valence-electron chi connectivity index (χ0n) is 26.2. The fourth-order valence-corrected chi connectivity index (χ4v) is 6.39. The fraction of sp³-hybridized carbons (Fsp3) is 0.297. The summed E-state index contributed by atoms with van der Waals surface area (Å²) in [5.41, 5.74) is 5.59. The van der Waals surface area contributed by atoms with Crippen LogP contribution in [0.3, 0.4) is 0 Å². The number of pyridine rings is 1. The van der Waals surface area contributed by atoms with Crippen molar-refractivity contribution in [1.29, 1.82) is 0 Å². The minimum atomic E-state index is -1.06. The van der Waals surface area contributed by atoms with Crippen LogP contribution in [0.5, 0.6) is 5.75 Å². The van der Waals surface area contributed by atoms with Gasteiger partial charge in [0, 0.05) is 35.3 Å². The molecule has 2 heterocycles. The number of hydrogen-bond acceptors (Lipinski definition) is 7. The Balaban J connectivity index is 1.15. The molecule has 5 aromatic rings. The SMILES string of the molecule is O=C(O)CCCCN(CCc1cc(F)ccc1OCc1ccc(-c2nc3cc(Cl)ccc3o2)cc1)C1CCCc2nc(C(=O)O)ccc21. The van der Waals surface area contributed by atoms with Crippen molar-refractivity contribution in [3.05, 3.63) is 112 Å². The number of carboxylic acids is 2. The number of aliphatic carboxylic acids is 1. The maximum absolute atomic E-state index is 14.5. The van der Waals surface area contributed by atoms with Crippen molar-refractivity contribution in [3.63, 3.8) is 0 Å². The maximum atomic E-state index is 14.5. The Labute approximate surface area is 282 Å². The van der Waals surface area contributed by atoms with Crippen molar-refractivity contribution >= 4 is 34.6 Å². The molecular formula is C37H35ClFN3O6. The van der Waals surface area contributed by atoms with E-state index in [1.807, 2.05) is 30.3 Å². The molecule has 1 atom stereocenters. The second kappa shape index (κ2) is 15.0. The van der Waals surface area contributed by atoms with Crippen LogP contribution in [-0.4, -0.2) is 50.1 Å². The lowest BCUT2D eigenvalue weighted by Gasteiger charge is -2.36. The van der Waals surface area contributed by atoms with Crippen molar-refractivity contribution < 1.29 is 33.3 Å². The first kappa shape index (κ1) is 33.1. The van der Waals surface area contributed by atoms with Gasteiger partial charge in [-0.15, -0.1) is 0 Å². The van der Waals surface area contributed by atoms with E-state index < -0.39 is 11.9 Å². The molecule has 0 spiro atoms. The number of aromatic nitrogens is 2. The summed E-state index contributed by atoms with van der Waals surface area (Å²) in [6.45, 7) is 1.49. The molecule has 0 saturated heterocycles. The van der Waals surface area contributed by atoms with Crippen molar-refractivity contribution in [3.8, 4) is 17.2 Å². The zero-order chi connectivity index (χ0) is 33.6. The number of carboxylic acid groups (broad SMARTS) is 2. The monoisotopic (exact) mass is 671 g/mol. The second-order valence-electron chi connectivity index (χ2n) is 12.0. The van der Waals surface area contributed by atoms with Gasteiger partial charge in [-0.05, 0) is 116 Å². The highest BCUT2D eigenvalue weighted by Gasteiger charge is 2.28. The van der Waals surface area contributed by atoms with Crippen molar-refractivity contribution in [2.75, 3.05) is 13.1 Å². The first-order chi connectivity index (χ1) is 23.2. The number of rotatable bonds is 14. The van der Waals surface area contributed by atoms with Crippen LogP contribution in [-0.2, 0) is 24.2 Å². The molecule has 3 aromatic carbocycles. The van der Waals surface area contributed by atoms with E-state index >= 15 is 0 Å². The average molecular weight is 672 g/mol. The smallest absolute Gasteiger partial charge is 0.354 e. The summed E-state index contributed by atoms with van der Waals surface area (Å²) in [7, 11) is 0. The predicted molar refractivity (Wildman–Crippen MR) is 179 cm³/mol. The number of hydrogen-bond donors (Lipinski definition) is 2. The third-order valence-corrected chi connectivity index (χ3v) is 8.88. The quantitative estimate of drug-likeness (QED) is 0.113. The molecule has 1 aliphatic rings. The molecule has 1 unspecified atom stereocenters. The highest BCUT2D eigenvalue weighted by Crippen LogP contribution is 2.35. The van der Waals surface area contributed by atoms with Crippen LogP contribution in [0.2, 0.25) is 5.02 Å². The van der Waals surface area contributed by atoms with Crippen LogP contribution in [0.15, 0.2) is 77.2 Å².